The molecule has 0 spiro atoms. The lowest BCUT2D eigenvalue weighted by Gasteiger charge is -2.44. The third-order valence-corrected chi connectivity index (χ3v) is 10.7. The lowest BCUT2D eigenvalue weighted by molar-refractivity contribution is 0.0124. The SMILES string of the molecule is CC(C)(C)OC(=O)NC[C@@H]1C[C@H](O[Si](C)(C)C(C)(C)C)CN(NC(=O)OCc2ccccc2)C1. The molecule has 0 aliphatic carbocycles. The van der Waals surface area contributed by atoms with Crippen LogP contribution in [-0.2, 0) is 20.5 Å². The van der Waals surface area contributed by atoms with Crippen molar-refractivity contribution in [3.63, 3.8) is 0 Å². The summed E-state index contributed by atoms with van der Waals surface area (Å²) in [6, 6.07) is 9.56. The average molecular weight is 494 g/mol. The predicted octanol–water partition coefficient (Wildman–Crippen LogP) is 5.06. The van der Waals surface area contributed by atoms with Crippen molar-refractivity contribution in [2.45, 2.75) is 84.4 Å². The van der Waals surface area contributed by atoms with Crippen molar-refractivity contribution < 1.29 is 23.5 Å². The lowest BCUT2D eigenvalue weighted by atomic mass is 9.97. The van der Waals surface area contributed by atoms with Gasteiger partial charge in [0.1, 0.15) is 12.2 Å². The topological polar surface area (TPSA) is 89.1 Å². The van der Waals surface area contributed by atoms with E-state index in [-0.39, 0.29) is 23.7 Å². The fourth-order valence-electron chi connectivity index (χ4n) is 3.50. The minimum absolute atomic E-state index is 0.0606. The van der Waals surface area contributed by atoms with E-state index in [0.717, 1.165) is 12.0 Å². The summed E-state index contributed by atoms with van der Waals surface area (Å²) >= 11 is 0. The van der Waals surface area contributed by atoms with Crippen molar-refractivity contribution in [2.24, 2.45) is 5.92 Å². The molecule has 2 amide bonds. The number of hydrazine groups is 1. The Bertz CT molecular complexity index is 805. The van der Waals surface area contributed by atoms with E-state index >= 15 is 0 Å². The van der Waals surface area contributed by atoms with Crippen molar-refractivity contribution in [1.29, 1.82) is 0 Å². The van der Waals surface area contributed by atoms with Crippen molar-refractivity contribution in [3.8, 4) is 0 Å². The van der Waals surface area contributed by atoms with E-state index in [4.69, 9.17) is 13.9 Å². The molecular weight excluding hydrogens is 450 g/mol. The van der Waals surface area contributed by atoms with E-state index in [1.54, 1.807) is 0 Å². The van der Waals surface area contributed by atoms with Crippen molar-refractivity contribution >= 4 is 20.5 Å². The molecule has 0 bridgehead atoms. The van der Waals surface area contributed by atoms with Gasteiger partial charge in [0, 0.05) is 19.6 Å². The number of hydrogen-bond acceptors (Lipinski definition) is 6. The van der Waals surface area contributed by atoms with Gasteiger partial charge in [0.05, 0.1) is 6.10 Å². The van der Waals surface area contributed by atoms with Crippen molar-refractivity contribution in [2.75, 3.05) is 19.6 Å². The second-order valence-corrected chi connectivity index (χ2v) is 16.3. The minimum atomic E-state index is -2.01. The number of rotatable bonds is 7. The summed E-state index contributed by atoms with van der Waals surface area (Å²) < 4.78 is 17.4. The van der Waals surface area contributed by atoms with Crippen LogP contribution < -0.4 is 10.7 Å². The molecule has 1 aliphatic heterocycles. The number of hydrogen-bond donors (Lipinski definition) is 2. The molecule has 1 fully saturated rings. The van der Waals surface area contributed by atoms with Crippen LogP contribution in [0.25, 0.3) is 0 Å². The van der Waals surface area contributed by atoms with Gasteiger partial charge in [-0.1, -0.05) is 51.1 Å². The van der Waals surface area contributed by atoms with Crippen LogP contribution in [0.4, 0.5) is 9.59 Å². The maximum absolute atomic E-state index is 12.5. The van der Waals surface area contributed by atoms with Crippen LogP contribution in [0.2, 0.25) is 18.1 Å². The number of carbonyl (C=O) groups excluding carboxylic acids is 2. The smallest absolute Gasteiger partial charge is 0.422 e. The third kappa shape index (κ3) is 9.64. The number of piperidine rings is 1. The summed E-state index contributed by atoms with van der Waals surface area (Å²) in [6.45, 7) is 18.4. The number of nitrogens with one attached hydrogen (secondary N) is 2. The molecule has 0 radical (unpaired) electrons. The highest BCUT2D eigenvalue weighted by atomic mass is 28.4. The van der Waals surface area contributed by atoms with Gasteiger partial charge in [0.15, 0.2) is 8.32 Å². The molecule has 1 aromatic carbocycles. The van der Waals surface area contributed by atoms with Gasteiger partial charge in [-0.3, -0.25) is 5.43 Å². The monoisotopic (exact) mass is 493 g/mol. The van der Waals surface area contributed by atoms with Crippen LogP contribution in [0.1, 0.15) is 53.5 Å². The Labute approximate surface area is 205 Å². The van der Waals surface area contributed by atoms with E-state index in [9.17, 15) is 9.59 Å². The largest absolute Gasteiger partial charge is 0.444 e. The first-order chi connectivity index (χ1) is 15.6. The lowest BCUT2D eigenvalue weighted by Crippen LogP contribution is -2.57. The first-order valence-corrected chi connectivity index (χ1v) is 14.9. The molecule has 0 saturated carbocycles. The number of carbonyl (C=O) groups is 2. The first-order valence-electron chi connectivity index (χ1n) is 12.0. The van der Waals surface area contributed by atoms with Crippen LogP contribution in [0, 0.1) is 5.92 Å². The van der Waals surface area contributed by atoms with Crippen molar-refractivity contribution in [3.05, 3.63) is 35.9 Å². The van der Waals surface area contributed by atoms with Gasteiger partial charge < -0.3 is 19.2 Å². The van der Waals surface area contributed by atoms with Crippen LogP contribution in [0.5, 0.6) is 0 Å². The van der Waals surface area contributed by atoms with Gasteiger partial charge in [-0.2, -0.15) is 0 Å². The molecule has 2 N–H and O–H groups in total. The Morgan fingerprint density at radius 1 is 1.03 bits per heavy atom. The van der Waals surface area contributed by atoms with Gasteiger partial charge in [-0.05, 0) is 56.8 Å². The third-order valence-electron chi connectivity index (χ3n) is 6.16. The summed E-state index contributed by atoms with van der Waals surface area (Å²) in [5.41, 5.74) is 3.23. The molecule has 34 heavy (non-hydrogen) atoms. The zero-order chi connectivity index (χ0) is 25.6. The molecule has 8 nitrogen and oxygen atoms in total. The van der Waals surface area contributed by atoms with E-state index < -0.39 is 26.1 Å². The molecule has 1 aliphatic rings. The molecule has 1 heterocycles. The van der Waals surface area contributed by atoms with Crippen molar-refractivity contribution in [1.82, 2.24) is 15.8 Å². The van der Waals surface area contributed by atoms with Gasteiger partial charge >= 0.3 is 12.2 Å². The number of ether oxygens (including phenoxy) is 2. The summed E-state index contributed by atoms with van der Waals surface area (Å²) in [7, 11) is -2.01. The number of alkyl carbamates (subject to hydrolysis) is 1. The Kier molecular flexibility index (Phi) is 9.56. The van der Waals surface area contributed by atoms with E-state index in [1.165, 1.54) is 0 Å². The quantitative estimate of drug-likeness (QED) is 0.516. The average Bonchev–Trinajstić information content (AvgIpc) is 2.69. The Balaban J connectivity index is 2.00. The molecule has 0 aromatic heterocycles. The van der Waals surface area contributed by atoms with Crippen LogP contribution >= 0.6 is 0 Å². The van der Waals surface area contributed by atoms with Crippen LogP contribution in [0.15, 0.2) is 30.3 Å². The summed E-state index contributed by atoms with van der Waals surface area (Å²) in [6.07, 6.45) is -0.216. The molecule has 1 saturated heterocycles. The van der Waals surface area contributed by atoms with Crippen LogP contribution in [-0.4, -0.2) is 56.9 Å². The maximum Gasteiger partial charge on any atom is 0.422 e. The Morgan fingerprint density at radius 3 is 2.26 bits per heavy atom. The fourth-order valence-corrected chi connectivity index (χ4v) is 4.85. The van der Waals surface area contributed by atoms with E-state index in [2.05, 4.69) is 44.6 Å². The highest BCUT2D eigenvalue weighted by Gasteiger charge is 2.41. The molecule has 2 atom stereocenters. The second kappa shape index (κ2) is 11.6. The normalized spacial score (nSPS) is 19.9. The highest BCUT2D eigenvalue weighted by Crippen LogP contribution is 2.38. The summed E-state index contributed by atoms with van der Waals surface area (Å²) in [5.74, 6) is 0.0884. The number of benzene rings is 1. The Hall–Kier alpha value is -2.10. The van der Waals surface area contributed by atoms with Gasteiger partial charge in [-0.25, -0.2) is 14.6 Å². The maximum atomic E-state index is 12.5. The fraction of sp³-hybridized carbons (Fsp3) is 0.680. The zero-order valence-electron chi connectivity index (χ0n) is 22.1. The molecule has 192 valence electrons. The summed E-state index contributed by atoms with van der Waals surface area (Å²) in [5, 5.41) is 4.78. The molecule has 1 aromatic rings. The summed E-state index contributed by atoms with van der Waals surface area (Å²) in [4.78, 5) is 24.6. The molecule has 0 unspecified atom stereocenters. The second-order valence-electron chi connectivity index (χ2n) is 11.6. The highest BCUT2D eigenvalue weighted by molar-refractivity contribution is 6.74. The predicted molar refractivity (Wildman–Crippen MR) is 136 cm³/mol. The van der Waals surface area contributed by atoms with Gasteiger partial charge in [-0.15, -0.1) is 0 Å². The minimum Gasteiger partial charge on any atom is -0.444 e. The molecule has 9 heteroatoms. The standard InChI is InChI=1S/C25H43N3O5Si/c1-24(2,3)32-22(29)26-15-20-14-21(33-34(7,8)25(4,5)6)17-28(16-20)27-23(30)31-18-19-12-10-9-11-13-19/h9-13,20-21H,14-18H2,1-8H3,(H,26,29)(H,27,30)/t20-,21-/m0/s1. The van der Waals surface area contributed by atoms with E-state index in [0.29, 0.717) is 19.6 Å². The molecule has 2 rings (SSSR count). The van der Waals surface area contributed by atoms with Crippen LogP contribution in [0.3, 0.4) is 0 Å². The Morgan fingerprint density at radius 2 is 1.68 bits per heavy atom. The number of nitrogens with zero attached hydrogens (tertiary/aromatic N) is 1. The zero-order valence-corrected chi connectivity index (χ0v) is 23.1. The number of amides is 2. The van der Waals surface area contributed by atoms with Gasteiger partial charge in [0.25, 0.3) is 0 Å². The first kappa shape index (κ1) is 28.1. The molecular formula is C25H43N3O5Si. The van der Waals surface area contributed by atoms with E-state index in [1.807, 2.05) is 56.1 Å². The van der Waals surface area contributed by atoms with Gasteiger partial charge in [0.2, 0.25) is 0 Å².